The fraction of sp³-hybridized carbons (Fsp3) is 0.533. The summed E-state index contributed by atoms with van der Waals surface area (Å²) in [6.07, 6.45) is 1.69. The summed E-state index contributed by atoms with van der Waals surface area (Å²) in [5.74, 6) is -1.44. The molecule has 1 aromatic carbocycles. The van der Waals surface area contributed by atoms with Crippen molar-refractivity contribution in [2.75, 3.05) is 19.7 Å². The Balaban J connectivity index is 1.97. The summed E-state index contributed by atoms with van der Waals surface area (Å²) in [5, 5.41) is 0. The van der Waals surface area contributed by atoms with E-state index in [1.807, 2.05) is 4.90 Å². The van der Waals surface area contributed by atoms with E-state index in [0.717, 1.165) is 25.5 Å². The van der Waals surface area contributed by atoms with Crippen LogP contribution in [-0.2, 0) is 16.1 Å². The van der Waals surface area contributed by atoms with E-state index < -0.39 is 11.6 Å². The number of benzene rings is 1. The monoisotopic (exact) mass is 283 g/mol. The largest absolute Gasteiger partial charge is 0.466 e. The van der Waals surface area contributed by atoms with Gasteiger partial charge in [0.25, 0.3) is 0 Å². The van der Waals surface area contributed by atoms with Crippen LogP contribution in [0.15, 0.2) is 18.2 Å². The smallest absolute Gasteiger partial charge is 0.310 e. The summed E-state index contributed by atoms with van der Waals surface area (Å²) < 4.78 is 31.5. The Kier molecular flexibility index (Phi) is 5.06. The SMILES string of the molecule is CCOC(=O)[C@@H]1CCCN(Cc2ccc(F)cc2F)C1. The molecule has 5 heteroatoms. The zero-order valence-corrected chi connectivity index (χ0v) is 11.6. The Hall–Kier alpha value is -1.49. The number of carbonyl (C=O) groups excluding carboxylic acids is 1. The molecule has 0 bridgehead atoms. The molecule has 1 fully saturated rings. The van der Waals surface area contributed by atoms with E-state index in [4.69, 9.17) is 4.74 Å². The quantitative estimate of drug-likeness (QED) is 0.796. The summed E-state index contributed by atoms with van der Waals surface area (Å²) >= 11 is 0. The minimum Gasteiger partial charge on any atom is -0.466 e. The minimum atomic E-state index is -0.575. The van der Waals surface area contributed by atoms with E-state index in [1.165, 1.54) is 12.1 Å². The molecule has 1 aliphatic heterocycles. The summed E-state index contributed by atoms with van der Waals surface area (Å²) in [6.45, 7) is 3.93. The molecule has 1 aromatic rings. The lowest BCUT2D eigenvalue weighted by molar-refractivity contribution is -0.150. The van der Waals surface area contributed by atoms with Gasteiger partial charge in [0.05, 0.1) is 12.5 Å². The van der Waals surface area contributed by atoms with Gasteiger partial charge in [-0.15, -0.1) is 0 Å². The third-order valence-electron chi connectivity index (χ3n) is 3.53. The molecular formula is C15H19F2NO2. The van der Waals surface area contributed by atoms with E-state index in [-0.39, 0.29) is 11.9 Å². The normalized spacial score (nSPS) is 19.9. The summed E-state index contributed by atoms with van der Waals surface area (Å²) in [4.78, 5) is 13.8. The summed E-state index contributed by atoms with van der Waals surface area (Å²) in [7, 11) is 0. The number of hydrogen-bond donors (Lipinski definition) is 0. The second kappa shape index (κ2) is 6.79. The Bertz CT molecular complexity index is 479. The number of likely N-dealkylation sites (tertiary alicyclic amines) is 1. The molecule has 0 unspecified atom stereocenters. The molecule has 0 saturated carbocycles. The highest BCUT2D eigenvalue weighted by Gasteiger charge is 2.27. The first-order valence-electron chi connectivity index (χ1n) is 6.93. The lowest BCUT2D eigenvalue weighted by atomic mass is 9.97. The summed E-state index contributed by atoms with van der Waals surface area (Å²) in [6, 6.07) is 3.60. The average molecular weight is 283 g/mol. The van der Waals surface area contributed by atoms with Crippen molar-refractivity contribution in [1.29, 1.82) is 0 Å². The van der Waals surface area contributed by atoms with E-state index >= 15 is 0 Å². The van der Waals surface area contributed by atoms with E-state index in [9.17, 15) is 13.6 Å². The zero-order valence-electron chi connectivity index (χ0n) is 11.6. The first-order valence-corrected chi connectivity index (χ1v) is 6.93. The Labute approximate surface area is 117 Å². The first-order chi connectivity index (χ1) is 9.60. The number of nitrogens with zero attached hydrogens (tertiary/aromatic N) is 1. The summed E-state index contributed by atoms with van der Waals surface area (Å²) in [5.41, 5.74) is 0.455. The van der Waals surface area contributed by atoms with Crippen LogP contribution in [0.3, 0.4) is 0 Å². The topological polar surface area (TPSA) is 29.5 Å². The van der Waals surface area contributed by atoms with Crippen LogP contribution in [0.4, 0.5) is 8.78 Å². The molecule has 20 heavy (non-hydrogen) atoms. The van der Waals surface area contributed by atoms with Gasteiger partial charge in [0.2, 0.25) is 0 Å². The maximum Gasteiger partial charge on any atom is 0.310 e. The van der Waals surface area contributed by atoms with Gasteiger partial charge >= 0.3 is 5.97 Å². The van der Waals surface area contributed by atoms with Crippen LogP contribution in [0.5, 0.6) is 0 Å². The van der Waals surface area contributed by atoms with Crippen LogP contribution >= 0.6 is 0 Å². The molecule has 0 aromatic heterocycles. The van der Waals surface area contributed by atoms with Gasteiger partial charge in [-0.1, -0.05) is 6.07 Å². The fourth-order valence-electron chi connectivity index (χ4n) is 2.54. The van der Waals surface area contributed by atoms with Crippen molar-refractivity contribution in [3.8, 4) is 0 Å². The van der Waals surface area contributed by atoms with Crippen molar-refractivity contribution < 1.29 is 18.3 Å². The lowest BCUT2D eigenvalue weighted by Crippen LogP contribution is -2.39. The highest BCUT2D eigenvalue weighted by atomic mass is 19.1. The van der Waals surface area contributed by atoms with Crippen molar-refractivity contribution in [2.45, 2.75) is 26.3 Å². The molecule has 1 aliphatic rings. The highest BCUT2D eigenvalue weighted by molar-refractivity contribution is 5.72. The zero-order chi connectivity index (χ0) is 14.5. The fourth-order valence-corrected chi connectivity index (χ4v) is 2.54. The van der Waals surface area contributed by atoms with Gasteiger partial charge in [0.15, 0.2) is 0 Å². The van der Waals surface area contributed by atoms with E-state index in [2.05, 4.69) is 0 Å². The molecular weight excluding hydrogens is 264 g/mol. The number of halogens is 2. The second-order valence-electron chi connectivity index (χ2n) is 5.06. The van der Waals surface area contributed by atoms with Crippen LogP contribution < -0.4 is 0 Å². The Morgan fingerprint density at radius 2 is 2.25 bits per heavy atom. The minimum absolute atomic E-state index is 0.146. The van der Waals surface area contributed by atoms with Gasteiger partial charge in [0.1, 0.15) is 11.6 Å². The first kappa shape index (κ1) is 14.9. The molecule has 0 radical (unpaired) electrons. The maximum atomic E-state index is 13.6. The van der Waals surface area contributed by atoms with Gasteiger partial charge in [0, 0.05) is 24.7 Å². The van der Waals surface area contributed by atoms with Gasteiger partial charge in [-0.25, -0.2) is 8.78 Å². The number of carbonyl (C=O) groups is 1. The average Bonchev–Trinajstić information content (AvgIpc) is 2.43. The van der Waals surface area contributed by atoms with Crippen molar-refractivity contribution in [3.63, 3.8) is 0 Å². The molecule has 1 saturated heterocycles. The second-order valence-corrected chi connectivity index (χ2v) is 5.06. The molecule has 0 amide bonds. The van der Waals surface area contributed by atoms with Gasteiger partial charge in [-0.05, 0) is 32.4 Å². The number of ether oxygens (including phenoxy) is 1. The maximum absolute atomic E-state index is 13.6. The predicted molar refractivity (Wildman–Crippen MR) is 71.0 cm³/mol. The molecule has 110 valence electrons. The molecule has 0 spiro atoms. The molecule has 1 heterocycles. The lowest BCUT2D eigenvalue weighted by Gasteiger charge is -2.31. The predicted octanol–water partition coefficient (Wildman–Crippen LogP) is 2.74. The highest BCUT2D eigenvalue weighted by Crippen LogP contribution is 2.21. The van der Waals surface area contributed by atoms with Gasteiger partial charge in [-0.2, -0.15) is 0 Å². The van der Waals surface area contributed by atoms with Gasteiger partial charge < -0.3 is 4.74 Å². The number of hydrogen-bond acceptors (Lipinski definition) is 3. The Morgan fingerprint density at radius 3 is 2.95 bits per heavy atom. The van der Waals surface area contributed by atoms with E-state index in [0.29, 0.717) is 25.3 Å². The molecule has 0 aliphatic carbocycles. The molecule has 1 atom stereocenters. The number of rotatable bonds is 4. The third kappa shape index (κ3) is 3.76. The van der Waals surface area contributed by atoms with Crippen molar-refractivity contribution in [2.24, 2.45) is 5.92 Å². The third-order valence-corrected chi connectivity index (χ3v) is 3.53. The van der Waals surface area contributed by atoms with Crippen LogP contribution in [0.2, 0.25) is 0 Å². The van der Waals surface area contributed by atoms with Crippen molar-refractivity contribution >= 4 is 5.97 Å². The standard InChI is InChI=1S/C15H19F2NO2/c1-2-20-15(19)12-4-3-7-18(10-12)9-11-5-6-13(16)8-14(11)17/h5-6,8,12H,2-4,7,9-10H2,1H3/t12-/m1/s1. The van der Waals surface area contributed by atoms with Crippen LogP contribution in [-0.4, -0.2) is 30.6 Å². The van der Waals surface area contributed by atoms with Crippen LogP contribution in [0.1, 0.15) is 25.3 Å². The van der Waals surface area contributed by atoms with Crippen molar-refractivity contribution in [1.82, 2.24) is 4.90 Å². The van der Waals surface area contributed by atoms with Crippen LogP contribution in [0, 0.1) is 17.6 Å². The van der Waals surface area contributed by atoms with E-state index in [1.54, 1.807) is 6.92 Å². The molecule has 3 nitrogen and oxygen atoms in total. The van der Waals surface area contributed by atoms with Crippen LogP contribution in [0.25, 0.3) is 0 Å². The number of esters is 1. The number of piperidine rings is 1. The molecule has 2 rings (SSSR count). The Morgan fingerprint density at radius 1 is 1.45 bits per heavy atom. The molecule has 0 N–H and O–H groups in total. The van der Waals surface area contributed by atoms with Crippen molar-refractivity contribution in [3.05, 3.63) is 35.4 Å². The van der Waals surface area contributed by atoms with Gasteiger partial charge in [-0.3, -0.25) is 9.69 Å².